The topological polar surface area (TPSA) is 43.1 Å². The summed E-state index contributed by atoms with van der Waals surface area (Å²) in [4.78, 5) is 12.3. The van der Waals surface area contributed by atoms with Gasteiger partial charge in [0.1, 0.15) is 0 Å². The standard InChI is InChI=1S/C15H21NO/c1-3-9-15(2,16)14(17)13-10-12(13)11-7-5-4-6-8-11/h4-8,12-13H,3,9-10,16H2,1-2H3. The van der Waals surface area contributed by atoms with Gasteiger partial charge in [-0.3, -0.25) is 4.79 Å². The third-order valence-corrected chi connectivity index (χ3v) is 3.69. The van der Waals surface area contributed by atoms with Crippen LogP contribution < -0.4 is 5.73 Å². The van der Waals surface area contributed by atoms with Gasteiger partial charge in [0.15, 0.2) is 5.78 Å². The number of rotatable bonds is 5. The highest BCUT2D eigenvalue weighted by atomic mass is 16.1. The van der Waals surface area contributed by atoms with Gasteiger partial charge < -0.3 is 5.73 Å². The second kappa shape index (κ2) is 4.61. The third-order valence-electron chi connectivity index (χ3n) is 3.69. The normalized spacial score (nSPS) is 26.3. The third kappa shape index (κ3) is 2.58. The van der Waals surface area contributed by atoms with Crippen LogP contribution in [0.3, 0.4) is 0 Å². The van der Waals surface area contributed by atoms with E-state index < -0.39 is 5.54 Å². The summed E-state index contributed by atoms with van der Waals surface area (Å²) in [6.45, 7) is 3.94. The largest absolute Gasteiger partial charge is 0.319 e. The highest BCUT2D eigenvalue weighted by Crippen LogP contribution is 2.49. The average molecular weight is 231 g/mol. The fraction of sp³-hybridized carbons (Fsp3) is 0.533. The lowest BCUT2D eigenvalue weighted by Gasteiger charge is -2.22. The molecule has 1 aliphatic carbocycles. The first-order valence-corrected chi connectivity index (χ1v) is 6.44. The molecule has 0 aromatic heterocycles. The van der Waals surface area contributed by atoms with Gasteiger partial charge in [0, 0.05) is 5.92 Å². The molecule has 0 spiro atoms. The molecule has 0 saturated heterocycles. The summed E-state index contributed by atoms with van der Waals surface area (Å²) in [6, 6.07) is 10.3. The summed E-state index contributed by atoms with van der Waals surface area (Å²) in [6.07, 6.45) is 2.71. The molecule has 1 fully saturated rings. The number of Topliss-reactive ketones (excluding diaryl/α,β-unsaturated/α-hetero) is 1. The first-order valence-electron chi connectivity index (χ1n) is 6.44. The van der Waals surface area contributed by atoms with E-state index in [1.54, 1.807) is 0 Å². The molecule has 2 rings (SSSR count). The SMILES string of the molecule is CCCC(C)(N)C(=O)C1CC1c1ccccc1. The Morgan fingerprint density at radius 1 is 1.41 bits per heavy atom. The fourth-order valence-corrected chi connectivity index (χ4v) is 2.62. The lowest BCUT2D eigenvalue weighted by Crippen LogP contribution is -2.45. The maximum atomic E-state index is 12.3. The summed E-state index contributed by atoms with van der Waals surface area (Å²) in [5.74, 6) is 0.801. The Kier molecular flexibility index (Phi) is 3.34. The van der Waals surface area contributed by atoms with E-state index in [2.05, 4.69) is 19.1 Å². The van der Waals surface area contributed by atoms with Gasteiger partial charge in [-0.25, -0.2) is 0 Å². The van der Waals surface area contributed by atoms with Crippen LogP contribution >= 0.6 is 0 Å². The Labute approximate surface area is 103 Å². The minimum atomic E-state index is -0.636. The molecular formula is C15H21NO. The van der Waals surface area contributed by atoms with Gasteiger partial charge >= 0.3 is 0 Å². The van der Waals surface area contributed by atoms with Crippen LogP contribution in [0.2, 0.25) is 0 Å². The van der Waals surface area contributed by atoms with Gasteiger partial charge in [0.2, 0.25) is 0 Å². The Morgan fingerprint density at radius 3 is 2.65 bits per heavy atom. The van der Waals surface area contributed by atoms with Crippen LogP contribution in [0.1, 0.15) is 44.6 Å². The van der Waals surface area contributed by atoms with Crippen molar-refractivity contribution in [3.63, 3.8) is 0 Å². The van der Waals surface area contributed by atoms with Crippen molar-refractivity contribution in [2.45, 2.75) is 44.6 Å². The lowest BCUT2D eigenvalue weighted by molar-refractivity contribution is -0.125. The van der Waals surface area contributed by atoms with Crippen molar-refractivity contribution in [3.05, 3.63) is 35.9 Å². The van der Waals surface area contributed by atoms with Crippen LogP contribution in [0.25, 0.3) is 0 Å². The van der Waals surface area contributed by atoms with E-state index in [1.807, 2.05) is 25.1 Å². The van der Waals surface area contributed by atoms with Crippen molar-refractivity contribution >= 4 is 5.78 Å². The zero-order valence-electron chi connectivity index (χ0n) is 10.6. The molecule has 3 atom stereocenters. The lowest BCUT2D eigenvalue weighted by atomic mass is 9.88. The minimum absolute atomic E-state index is 0.152. The summed E-state index contributed by atoms with van der Waals surface area (Å²) < 4.78 is 0. The van der Waals surface area contributed by atoms with Crippen LogP contribution in [0.15, 0.2) is 30.3 Å². The number of nitrogens with two attached hydrogens (primary N) is 1. The predicted molar refractivity (Wildman–Crippen MR) is 69.8 cm³/mol. The Balaban J connectivity index is 2.02. The van der Waals surface area contributed by atoms with Gasteiger partial charge in [-0.05, 0) is 31.2 Å². The van der Waals surface area contributed by atoms with Crippen LogP contribution in [-0.4, -0.2) is 11.3 Å². The van der Waals surface area contributed by atoms with Gasteiger partial charge in [-0.15, -0.1) is 0 Å². The number of hydrogen-bond acceptors (Lipinski definition) is 2. The van der Waals surface area contributed by atoms with Gasteiger partial charge in [-0.1, -0.05) is 43.7 Å². The quantitative estimate of drug-likeness (QED) is 0.846. The Bertz CT molecular complexity index is 397. The second-order valence-electron chi connectivity index (χ2n) is 5.39. The number of hydrogen-bond donors (Lipinski definition) is 1. The molecule has 0 aliphatic heterocycles. The van der Waals surface area contributed by atoms with Crippen LogP contribution in [0.4, 0.5) is 0 Å². The first kappa shape index (κ1) is 12.3. The van der Waals surface area contributed by atoms with Crippen molar-refractivity contribution in [2.75, 3.05) is 0 Å². The van der Waals surface area contributed by atoms with Gasteiger partial charge in [-0.2, -0.15) is 0 Å². The summed E-state index contributed by atoms with van der Waals surface area (Å²) in [5.41, 5.74) is 6.74. The van der Waals surface area contributed by atoms with Crippen molar-refractivity contribution in [1.82, 2.24) is 0 Å². The molecule has 0 radical (unpaired) electrons. The molecular weight excluding hydrogens is 210 g/mol. The molecule has 17 heavy (non-hydrogen) atoms. The van der Waals surface area contributed by atoms with E-state index in [0.29, 0.717) is 5.92 Å². The molecule has 2 N–H and O–H groups in total. The molecule has 0 amide bonds. The summed E-state index contributed by atoms with van der Waals surface area (Å²) in [5, 5.41) is 0. The van der Waals surface area contributed by atoms with Crippen molar-refractivity contribution in [3.8, 4) is 0 Å². The van der Waals surface area contributed by atoms with Gasteiger partial charge in [0.25, 0.3) is 0 Å². The van der Waals surface area contributed by atoms with E-state index >= 15 is 0 Å². The number of ketones is 1. The van der Waals surface area contributed by atoms with Crippen molar-refractivity contribution < 1.29 is 4.79 Å². The van der Waals surface area contributed by atoms with Crippen molar-refractivity contribution in [2.24, 2.45) is 11.7 Å². The summed E-state index contributed by atoms with van der Waals surface area (Å²) >= 11 is 0. The van der Waals surface area contributed by atoms with Crippen LogP contribution in [0.5, 0.6) is 0 Å². The highest BCUT2D eigenvalue weighted by Gasteiger charge is 2.48. The molecule has 1 saturated carbocycles. The van der Waals surface area contributed by atoms with Crippen molar-refractivity contribution in [1.29, 1.82) is 0 Å². The molecule has 92 valence electrons. The Morgan fingerprint density at radius 2 is 2.06 bits per heavy atom. The first-order chi connectivity index (χ1) is 8.06. The monoisotopic (exact) mass is 231 g/mol. The maximum Gasteiger partial charge on any atom is 0.156 e. The molecule has 3 unspecified atom stereocenters. The molecule has 2 nitrogen and oxygen atoms in total. The molecule has 1 aliphatic rings. The number of carbonyl (C=O) groups excluding carboxylic acids is 1. The fourth-order valence-electron chi connectivity index (χ4n) is 2.62. The Hall–Kier alpha value is -1.15. The minimum Gasteiger partial charge on any atom is -0.319 e. The van der Waals surface area contributed by atoms with E-state index in [1.165, 1.54) is 5.56 Å². The zero-order chi connectivity index (χ0) is 12.5. The van der Waals surface area contributed by atoms with Crippen LogP contribution in [-0.2, 0) is 4.79 Å². The molecule has 1 aromatic carbocycles. The maximum absolute atomic E-state index is 12.3. The van der Waals surface area contributed by atoms with Gasteiger partial charge in [0.05, 0.1) is 5.54 Å². The second-order valence-corrected chi connectivity index (χ2v) is 5.39. The molecule has 2 heteroatoms. The molecule has 0 bridgehead atoms. The molecule has 1 aromatic rings. The molecule has 0 heterocycles. The van der Waals surface area contributed by atoms with E-state index in [0.717, 1.165) is 19.3 Å². The predicted octanol–water partition coefficient (Wildman–Crippen LogP) is 2.88. The highest BCUT2D eigenvalue weighted by molar-refractivity contribution is 5.92. The average Bonchev–Trinajstić information content (AvgIpc) is 3.09. The summed E-state index contributed by atoms with van der Waals surface area (Å²) in [7, 11) is 0. The number of carbonyl (C=O) groups is 1. The smallest absolute Gasteiger partial charge is 0.156 e. The van der Waals surface area contributed by atoms with Crippen LogP contribution in [0, 0.1) is 5.92 Å². The van der Waals surface area contributed by atoms with E-state index in [-0.39, 0.29) is 11.7 Å². The van der Waals surface area contributed by atoms with E-state index in [9.17, 15) is 4.79 Å². The van der Waals surface area contributed by atoms with E-state index in [4.69, 9.17) is 5.73 Å². The number of benzene rings is 1. The zero-order valence-corrected chi connectivity index (χ0v) is 10.6.